The smallest absolute Gasteiger partial charge is 0.256 e. The molecule has 150 valence electrons. The van der Waals surface area contributed by atoms with Gasteiger partial charge in [0.1, 0.15) is 5.75 Å². The molecular weight excluding hydrogens is 400 g/mol. The fraction of sp³-hybridized carbons (Fsp3) is 0.0833. The summed E-state index contributed by atoms with van der Waals surface area (Å²) in [6.45, 7) is 1.91. The van der Waals surface area contributed by atoms with Crippen molar-refractivity contribution >= 4 is 23.2 Å². The van der Waals surface area contributed by atoms with Crippen molar-refractivity contribution in [2.75, 3.05) is 12.4 Å². The average molecular weight is 419 g/mol. The lowest BCUT2D eigenvalue weighted by atomic mass is 10.1. The van der Waals surface area contributed by atoms with Crippen LogP contribution in [0.3, 0.4) is 0 Å². The number of methoxy groups -OCH3 is 1. The van der Waals surface area contributed by atoms with Gasteiger partial charge in [-0.15, -0.1) is 0 Å². The molecule has 5 nitrogen and oxygen atoms in total. The molecule has 0 atom stereocenters. The number of oxazole rings is 1. The summed E-state index contributed by atoms with van der Waals surface area (Å²) in [5, 5.41) is 3.48. The first-order chi connectivity index (χ1) is 14.5. The maximum atomic E-state index is 13.0. The van der Waals surface area contributed by atoms with Gasteiger partial charge in [-0.05, 0) is 61.0 Å². The fourth-order valence-electron chi connectivity index (χ4n) is 3.07. The van der Waals surface area contributed by atoms with Crippen LogP contribution in [0.25, 0.3) is 22.8 Å². The van der Waals surface area contributed by atoms with Crippen molar-refractivity contribution in [1.82, 2.24) is 4.98 Å². The van der Waals surface area contributed by atoms with Crippen molar-refractivity contribution < 1.29 is 13.9 Å². The Morgan fingerprint density at radius 3 is 2.60 bits per heavy atom. The molecule has 3 aromatic carbocycles. The molecule has 4 rings (SSSR count). The van der Waals surface area contributed by atoms with Gasteiger partial charge in [0.15, 0.2) is 5.76 Å². The molecule has 0 bridgehead atoms. The van der Waals surface area contributed by atoms with Gasteiger partial charge < -0.3 is 14.5 Å². The zero-order valence-electron chi connectivity index (χ0n) is 16.5. The molecule has 0 saturated heterocycles. The largest absolute Gasteiger partial charge is 0.497 e. The van der Waals surface area contributed by atoms with E-state index in [-0.39, 0.29) is 5.91 Å². The number of benzene rings is 3. The molecular formula is C24H19ClN2O3. The number of halogens is 1. The summed E-state index contributed by atoms with van der Waals surface area (Å²) >= 11 is 6.07. The standard InChI is InChI=1S/C24H19ClN2O3/c1-15-7-10-17(25)13-21(15)27-23(28)19-5-3-4-6-20(19)24-26-14-22(30-24)16-8-11-18(29-2)12-9-16/h3-14H,1-2H3,(H,27,28). The number of aryl methyl sites for hydroxylation is 1. The number of rotatable bonds is 5. The normalized spacial score (nSPS) is 10.6. The highest BCUT2D eigenvalue weighted by molar-refractivity contribution is 6.31. The quantitative estimate of drug-likeness (QED) is 0.417. The number of hydrogen-bond acceptors (Lipinski definition) is 4. The zero-order chi connectivity index (χ0) is 21.1. The van der Waals surface area contributed by atoms with E-state index in [4.69, 9.17) is 20.8 Å². The van der Waals surface area contributed by atoms with Crippen LogP contribution >= 0.6 is 11.6 Å². The monoisotopic (exact) mass is 418 g/mol. The van der Waals surface area contributed by atoms with Crippen LogP contribution in [0.1, 0.15) is 15.9 Å². The highest BCUT2D eigenvalue weighted by Gasteiger charge is 2.18. The summed E-state index contributed by atoms with van der Waals surface area (Å²) in [6.07, 6.45) is 1.65. The molecule has 0 aliphatic carbocycles. The van der Waals surface area contributed by atoms with Gasteiger partial charge in [-0.1, -0.05) is 29.8 Å². The van der Waals surface area contributed by atoms with Crippen molar-refractivity contribution in [3.05, 3.63) is 89.1 Å². The van der Waals surface area contributed by atoms with Gasteiger partial charge in [0.2, 0.25) is 5.89 Å². The van der Waals surface area contributed by atoms with Crippen LogP contribution in [-0.4, -0.2) is 18.0 Å². The van der Waals surface area contributed by atoms with Crippen LogP contribution in [0, 0.1) is 6.92 Å². The summed E-state index contributed by atoms with van der Waals surface area (Å²) in [5.41, 5.74) is 3.51. The second-order valence-corrected chi connectivity index (χ2v) is 7.15. The molecule has 0 spiro atoms. The Kier molecular flexibility index (Phi) is 5.55. The Balaban J connectivity index is 1.64. The topological polar surface area (TPSA) is 64.4 Å². The Morgan fingerprint density at radius 2 is 1.83 bits per heavy atom. The first-order valence-corrected chi connectivity index (χ1v) is 9.70. The highest BCUT2D eigenvalue weighted by Crippen LogP contribution is 2.30. The van der Waals surface area contributed by atoms with Gasteiger partial charge in [-0.25, -0.2) is 4.98 Å². The number of aromatic nitrogens is 1. The van der Waals surface area contributed by atoms with Crippen LogP contribution in [-0.2, 0) is 0 Å². The molecule has 0 aliphatic rings. The van der Waals surface area contributed by atoms with E-state index >= 15 is 0 Å². The van der Waals surface area contributed by atoms with Crippen molar-refractivity contribution in [1.29, 1.82) is 0 Å². The van der Waals surface area contributed by atoms with E-state index in [9.17, 15) is 4.79 Å². The Labute approximate surface area is 179 Å². The van der Waals surface area contributed by atoms with Crippen molar-refractivity contribution in [3.63, 3.8) is 0 Å². The van der Waals surface area contributed by atoms with Crippen molar-refractivity contribution in [2.45, 2.75) is 6.92 Å². The lowest BCUT2D eigenvalue weighted by Gasteiger charge is -2.11. The number of hydrogen-bond donors (Lipinski definition) is 1. The molecule has 0 unspecified atom stereocenters. The predicted molar refractivity (Wildman–Crippen MR) is 118 cm³/mol. The van der Waals surface area contributed by atoms with Gasteiger partial charge >= 0.3 is 0 Å². The van der Waals surface area contributed by atoms with E-state index < -0.39 is 0 Å². The molecule has 1 aromatic heterocycles. The molecule has 0 saturated carbocycles. The first-order valence-electron chi connectivity index (χ1n) is 9.32. The maximum absolute atomic E-state index is 13.0. The SMILES string of the molecule is COc1ccc(-c2cnc(-c3ccccc3C(=O)Nc3cc(Cl)ccc3C)o2)cc1. The lowest BCUT2D eigenvalue weighted by molar-refractivity contribution is 0.102. The van der Waals surface area contributed by atoms with E-state index in [1.807, 2.05) is 49.4 Å². The highest BCUT2D eigenvalue weighted by atomic mass is 35.5. The van der Waals surface area contributed by atoms with Crippen LogP contribution < -0.4 is 10.1 Å². The predicted octanol–water partition coefficient (Wildman–Crippen LogP) is 6.23. The maximum Gasteiger partial charge on any atom is 0.256 e. The summed E-state index contributed by atoms with van der Waals surface area (Å²) < 4.78 is 11.1. The van der Waals surface area contributed by atoms with Crippen molar-refractivity contribution in [2.24, 2.45) is 0 Å². The molecule has 4 aromatic rings. The minimum absolute atomic E-state index is 0.264. The number of ether oxygens (including phenoxy) is 1. The molecule has 1 N–H and O–H groups in total. The van der Waals surface area contributed by atoms with Gasteiger partial charge in [0, 0.05) is 21.8 Å². The van der Waals surface area contributed by atoms with Crippen LogP contribution in [0.15, 0.2) is 77.3 Å². The molecule has 0 aliphatic heterocycles. The number of carbonyl (C=O) groups excluding carboxylic acids is 1. The molecule has 1 amide bonds. The number of nitrogens with one attached hydrogen (secondary N) is 1. The number of anilines is 1. The second kappa shape index (κ2) is 8.43. The van der Waals surface area contributed by atoms with Crippen LogP contribution in [0.5, 0.6) is 5.75 Å². The van der Waals surface area contributed by atoms with E-state index in [1.54, 1.807) is 37.6 Å². The number of amides is 1. The third-order valence-corrected chi connectivity index (χ3v) is 4.97. The molecule has 0 fully saturated rings. The zero-order valence-corrected chi connectivity index (χ0v) is 17.2. The van der Waals surface area contributed by atoms with Gasteiger partial charge in [-0.2, -0.15) is 0 Å². The summed E-state index contributed by atoms with van der Waals surface area (Å²) in [5.74, 6) is 1.47. The third kappa shape index (κ3) is 4.07. The molecule has 0 radical (unpaired) electrons. The summed E-state index contributed by atoms with van der Waals surface area (Å²) in [4.78, 5) is 17.4. The molecule has 30 heavy (non-hydrogen) atoms. The summed E-state index contributed by atoms with van der Waals surface area (Å²) in [7, 11) is 1.62. The number of nitrogens with zero attached hydrogens (tertiary/aromatic N) is 1. The van der Waals surface area contributed by atoms with Gasteiger partial charge in [0.05, 0.1) is 18.9 Å². The first kappa shape index (κ1) is 19.7. The Bertz CT molecular complexity index is 1200. The Hall–Kier alpha value is -3.57. The summed E-state index contributed by atoms with van der Waals surface area (Å²) in [6, 6.07) is 20.1. The minimum Gasteiger partial charge on any atom is -0.497 e. The van der Waals surface area contributed by atoms with E-state index in [1.165, 1.54) is 0 Å². The van der Waals surface area contributed by atoms with Gasteiger partial charge in [-0.3, -0.25) is 4.79 Å². The fourth-order valence-corrected chi connectivity index (χ4v) is 3.25. The molecule has 1 heterocycles. The van der Waals surface area contributed by atoms with E-state index in [0.717, 1.165) is 16.9 Å². The van der Waals surface area contributed by atoms with Crippen molar-refractivity contribution in [3.8, 4) is 28.5 Å². The van der Waals surface area contributed by atoms with E-state index in [2.05, 4.69) is 10.3 Å². The average Bonchev–Trinajstić information content (AvgIpc) is 3.26. The van der Waals surface area contributed by atoms with Crippen LogP contribution in [0.2, 0.25) is 5.02 Å². The number of carbonyl (C=O) groups is 1. The lowest BCUT2D eigenvalue weighted by Crippen LogP contribution is -2.14. The molecule has 6 heteroatoms. The van der Waals surface area contributed by atoms with Gasteiger partial charge in [0.25, 0.3) is 5.91 Å². The van der Waals surface area contributed by atoms with Crippen LogP contribution in [0.4, 0.5) is 5.69 Å². The third-order valence-electron chi connectivity index (χ3n) is 4.73. The Morgan fingerprint density at radius 1 is 1.07 bits per heavy atom. The minimum atomic E-state index is -0.264. The second-order valence-electron chi connectivity index (χ2n) is 6.72. The van der Waals surface area contributed by atoms with E-state index in [0.29, 0.717) is 33.5 Å².